The van der Waals surface area contributed by atoms with Gasteiger partial charge in [-0.1, -0.05) is 15.9 Å². The van der Waals surface area contributed by atoms with Crippen molar-refractivity contribution >= 4 is 43.5 Å². The molecule has 0 aromatic heterocycles. The van der Waals surface area contributed by atoms with Gasteiger partial charge in [0.1, 0.15) is 11.5 Å². The van der Waals surface area contributed by atoms with Gasteiger partial charge < -0.3 is 4.90 Å². The number of nitrogens with one attached hydrogen (secondary N) is 1. The molecular formula is C21H20BrFN4O4S. The molecule has 168 valence electrons. The van der Waals surface area contributed by atoms with Crippen LogP contribution in [0, 0.1) is 5.82 Å². The highest BCUT2D eigenvalue weighted by molar-refractivity contribution is 9.10. The maximum atomic E-state index is 13.1. The zero-order valence-electron chi connectivity index (χ0n) is 16.9. The van der Waals surface area contributed by atoms with Crippen LogP contribution in [0.25, 0.3) is 0 Å². The lowest BCUT2D eigenvalue weighted by Crippen LogP contribution is -2.54. The van der Waals surface area contributed by atoms with Crippen LogP contribution in [0.5, 0.6) is 0 Å². The van der Waals surface area contributed by atoms with E-state index >= 15 is 0 Å². The van der Waals surface area contributed by atoms with Crippen LogP contribution >= 0.6 is 15.9 Å². The van der Waals surface area contributed by atoms with Crippen molar-refractivity contribution in [2.24, 2.45) is 0 Å². The lowest BCUT2D eigenvalue weighted by molar-refractivity contribution is -0.129. The van der Waals surface area contributed by atoms with Gasteiger partial charge in [-0.2, -0.15) is 4.31 Å². The van der Waals surface area contributed by atoms with E-state index in [0.717, 1.165) is 16.6 Å². The summed E-state index contributed by atoms with van der Waals surface area (Å²) in [6, 6.07) is 11.8. The quantitative estimate of drug-likeness (QED) is 0.665. The summed E-state index contributed by atoms with van der Waals surface area (Å²) in [5, 5.41) is 1.33. The van der Waals surface area contributed by atoms with E-state index in [0.29, 0.717) is 5.69 Å². The van der Waals surface area contributed by atoms with E-state index in [-0.39, 0.29) is 55.0 Å². The lowest BCUT2D eigenvalue weighted by Gasteiger charge is -2.36. The first-order chi connectivity index (χ1) is 15.3. The van der Waals surface area contributed by atoms with Gasteiger partial charge in [-0.3, -0.25) is 15.0 Å². The second kappa shape index (κ2) is 9.00. The monoisotopic (exact) mass is 522 g/mol. The molecule has 2 aliphatic rings. The molecule has 2 aromatic carbocycles. The van der Waals surface area contributed by atoms with E-state index in [4.69, 9.17) is 0 Å². The number of piperazine rings is 1. The Morgan fingerprint density at radius 3 is 2.22 bits per heavy atom. The summed E-state index contributed by atoms with van der Waals surface area (Å²) >= 11 is 3.35. The first kappa shape index (κ1) is 22.4. The Labute approximate surface area is 193 Å². The van der Waals surface area contributed by atoms with E-state index in [1.165, 1.54) is 21.4 Å². The molecule has 0 saturated carbocycles. The molecule has 32 heavy (non-hydrogen) atoms. The summed E-state index contributed by atoms with van der Waals surface area (Å²) in [4.78, 5) is 26.9. The Kier molecular flexibility index (Phi) is 6.31. The number of hydrogen-bond acceptors (Lipinski definition) is 5. The van der Waals surface area contributed by atoms with Crippen molar-refractivity contribution in [2.75, 3.05) is 31.2 Å². The van der Waals surface area contributed by atoms with Crippen LogP contribution in [0.2, 0.25) is 0 Å². The third-order valence-corrected chi connectivity index (χ3v) is 7.70. The number of halogens is 2. The average molecular weight is 523 g/mol. The van der Waals surface area contributed by atoms with Gasteiger partial charge in [0, 0.05) is 37.1 Å². The summed E-state index contributed by atoms with van der Waals surface area (Å²) in [6.45, 7) is 0.636. The fourth-order valence-corrected chi connectivity index (χ4v) is 5.19. The molecule has 0 aliphatic carbocycles. The second-order valence-electron chi connectivity index (χ2n) is 7.29. The first-order valence-electron chi connectivity index (χ1n) is 9.86. The van der Waals surface area contributed by atoms with Crippen molar-refractivity contribution in [3.63, 3.8) is 0 Å². The fourth-order valence-electron chi connectivity index (χ4n) is 3.50. The number of hydrogen-bond donors (Lipinski definition) is 1. The molecular weight excluding hydrogens is 503 g/mol. The van der Waals surface area contributed by atoms with E-state index in [1.807, 2.05) is 0 Å². The fraction of sp³-hybridized carbons (Fsp3) is 0.238. The Morgan fingerprint density at radius 1 is 0.969 bits per heavy atom. The zero-order valence-corrected chi connectivity index (χ0v) is 19.3. The summed E-state index contributed by atoms with van der Waals surface area (Å²) in [7, 11) is -3.77. The summed E-state index contributed by atoms with van der Waals surface area (Å²) in [6.07, 6.45) is 1.62. The third kappa shape index (κ3) is 4.54. The number of anilines is 1. The van der Waals surface area contributed by atoms with Gasteiger partial charge in [0.25, 0.3) is 5.91 Å². The Balaban J connectivity index is 1.41. The van der Waals surface area contributed by atoms with Gasteiger partial charge in [0.15, 0.2) is 0 Å². The van der Waals surface area contributed by atoms with Crippen molar-refractivity contribution in [1.82, 2.24) is 14.6 Å². The molecule has 1 N–H and O–H groups in total. The Morgan fingerprint density at radius 2 is 1.59 bits per heavy atom. The van der Waals surface area contributed by atoms with Crippen molar-refractivity contribution in [3.05, 3.63) is 70.6 Å². The molecule has 8 nitrogen and oxygen atoms in total. The van der Waals surface area contributed by atoms with E-state index in [9.17, 15) is 22.4 Å². The number of sulfonamides is 1. The molecule has 0 radical (unpaired) electrons. The summed E-state index contributed by atoms with van der Waals surface area (Å²) < 4.78 is 40.8. The molecule has 2 heterocycles. The van der Waals surface area contributed by atoms with Crippen molar-refractivity contribution in [1.29, 1.82) is 0 Å². The predicted octanol–water partition coefficient (Wildman–Crippen LogP) is 2.25. The maximum absolute atomic E-state index is 13.1. The van der Waals surface area contributed by atoms with Gasteiger partial charge >= 0.3 is 0 Å². The summed E-state index contributed by atoms with van der Waals surface area (Å²) in [5.41, 5.74) is 3.75. The number of benzene rings is 2. The average Bonchev–Trinajstić information content (AvgIpc) is 2.80. The normalized spacial score (nSPS) is 17.7. The van der Waals surface area contributed by atoms with Gasteiger partial charge in [0.05, 0.1) is 10.6 Å². The largest absolute Gasteiger partial charge is 0.335 e. The molecule has 0 bridgehead atoms. The number of amides is 2. The maximum Gasteiger partial charge on any atom is 0.271 e. The number of rotatable bonds is 4. The Bertz CT molecular complexity index is 1160. The Hall–Kier alpha value is -2.76. The first-order valence-corrected chi connectivity index (χ1v) is 12.1. The number of hydrazine groups is 1. The van der Waals surface area contributed by atoms with Crippen molar-refractivity contribution < 1.29 is 22.4 Å². The van der Waals surface area contributed by atoms with E-state index < -0.39 is 15.8 Å². The van der Waals surface area contributed by atoms with E-state index in [2.05, 4.69) is 21.4 Å². The predicted molar refractivity (Wildman–Crippen MR) is 119 cm³/mol. The van der Waals surface area contributed by atoms with Crippen LogP contribution in [0.1, 0.15) is 6.42 Å². The highest BCUT2D eigenvalue weighted by Gasteiger charge is 2.33. The molecule has 1 fully saturated rings. The number of carbonyl (C=O) groups is 2. The van der Waals surface area contributed by atoms with Crippen LogP contribution in [0.4, 0.5) is 10.1 Å². The van der Waals surface area contributed by atoms with Crippen LogP contribution < -0.4 is 10.4 Å². The minimum atomic E-state index is -3.77. The topological polar surface area (TPSA) is 90.0 Å². The highest BCUT2D eigenvalue weighted by Crippen LogP contribution is 2.22. The molecule has 0 atom stereocenters. The second-order valence-corrected chi connectivity index (χ2v) is 10.1. The van der Waals surface area contributed by atoms with Gasteiger partial charge in [-0.05, 0) is 54.6 Å². The van der Waals surface area contributed by atoms with Crippen LogP contribution in [-0.4, -0.2) is 55.6 Å². The molecule has 4 rings (SSSR count). The molecule has 2 aliphatic heterocycles. The van der Waals surface area contributed by atoms with Gasteiger partial charge in [0.2, 0.25) is 15.9 Å². The SMILES string of the molecule is O=C(C1=CCC(=O)N(c2ccc(Br)cc2)N1)N1CCN(S(=O)(=O)c2ccc(F)cc2)CC1. The molecule has 2 aromatic rings. The molecule has 0 spiro atoms. The van der Waals surface area contributed by atoms with E-state index in [1.54, 1.807) is 35.2 Å². The summed E-state index contributed by atoms with van der Waals surface area (Å²) in [5.74, 6) is -1.01. The molecule has 2 amide bonds. The standard InChI is InChI=1S/C21H20BrFN4O4S/c22-15-1-5-17(6-2-15)27-20(28)10-9-19(24-27)21(29)25-11-13-26(14-12-25)32(30,31)18-7-3-16(23)4-8-18/h1-9,24H,10-14H2. The van der Waals surface area contributed by atoms with Crippen LogP contribution in [-0.2, 0) is 19.6 Å². The van der Waals surface area contributed by atoms with Crippen molar-refractivity contribution in [2.45, 2.75) is 11.3 Å². The lowest BCUT2D eigenvalue weighted by atomic mass is 10.2. The highest BCUT2D eigenvalue weighted by atomic mass is 79.9. The zero-order chi connectivity index (χ0) is 22.9. The molecule has 0 unspecified atom stereocenters. The minimum Gasteiger partial charge on any atom is -0.335 e. The van der Waals surface area contributed by atoms with Crippen LogP contribution in [0.15, 0.2) is 69.7 Å². The number of nitrogens with zero attached hydrogens (tertiary/aromatic N) is 3. The minimum absolute atomic E-state index is 0.0129. The smallest absolute Gasteiger partial charge is 0.271 e. The van der Waals surface area contributed by atoms with Gasteiger partial charge in [-0.25, -0.2) is 17.8 Å². The van der Waals surface area contributed by atoms with Crippen LogP contribution in [0.3, 0.4) is 0 Å². The van der Waals surface area contributed by atoms with Crippen molar-refractivity contribution in [3.8, 4) is 0 Å². The third-order valence-electron chi connectivity index (χ3n) is 5.25. The molecule has 11 heteroatoms. The molecule has 1 saturated heterocycles. The number of carbonyl (C=O) groups excluding carboxylic acids is 2. The van der Waals surface area contributed by atoms with Gasteiger partial charge in [-0.15, -0.1) is 0 Å².